The van der Waals surface area contributed by atoms with E-state index in [-0.39, 0.29) is 11.9 Å². The van der Waals surface area contributed by atoms with Gasteiger partial charge in [0.2, 0.25) is 0 Å². The van der Waals surface area contributed by atoms with E-state index in [2.05, 4.69) is 25.3 Å². The number of benzene rings is 1. The van der Waals surface area contributed by atoms with Crippen LogP contribution >= 0.6 is 0 Å². The van der Waals surface area contributed by atoms with Crippen LogP contribution < -0.4 is 4.90 Å². The summed E-state index contributed by atoms with van der Waals surface area (Å²) in [6.45, 7) is 10.1. The van der Waals surface area contributed by atoms with Gasteiger partial charge in [0.15, 0.2) is 0 Å². The first-order valence-electron chi connectivity index (χ1n) is 5.82. The molecule has 3 heteroatoms. The monoisotopic (exact) mass is 237 g/mol. The minimum atomic E-state index is -0.688. The molecule has 1 atom stereocenters. The summed E-state index contributed by atoms with van der Waals surface area (Å²) in [6.07, 6.45) is 1.11. The summed E-state index contributed by atoms with van der Waals surface area (Å²) >= 11 is 0. The summed E-state index contributed by atoms with van der Waals surface area (Å²) in [5.41, 5.74) is 1.47. The molecule has 0 saturated heterocycles. The predicted molar refractivity (Wildman–Crippen MR) is 69.7 cm³/mol. The Hall–Kier alpha value is -1.35. The highest BCUT2D eigenvalue weighted by atomic mass is 19.1. The molecule has 0 aliphatic rings. The van der Waals surface area contributed by atoms with Crippen LogP contribution in [-0.4, -0.2) is 17.7 Å². The first kappa shape index (κ1) is 13.7. The van der Waals surface area contributed by atoms with Crippen LogP contribution in [0.3, 0.4) is 0 Å². The van der Waals surface area contributed by atoms with Crippen molar-refractivity contribution in [3.05, 3.63) is 42.2 Å². The van der Waals surface area contributed by atoms with Gasteiger partial charge < -0.3 is 10.0 Å². The lowest BCUT2D eigenvalue weighted by molar-refractivity contribution is 0.199. The van der Waals surface area contributed by atoms with Gasteiger partial charge in [-0.2, -0.15) is 0 Å². The number of aliphatic hydroxyl groups excluding tert-OH is 1. The molecule has 0 heterocycles. The van der Waals surface area contributed by atoms with Crippen LogP contribution in [-0.2, 0) is 0 Å². The molecule has 1 N–H and O–H groups in total. The van der Waals surface area contributed by atoms with E-state index in [1.54, 1.807) is 19.1 Å². The largest absolute Gasteiger partial charge is 0.389 e. The minimum absolute atomic E-state index is 0.260. The fourth-order valence-corrected chi connectivity index (χ4v) is 1.85. The highest BCUT2D eigenvalue weighted by Crippen LogP contribution is 2.28. The molecule has 0 spiro atoms. The Morgan fingerprint density at radius 1 is 1.41 bits per heavy atom. The van der Waals surface area contributed by atoms with Gasteiger partial charge in [0, 0.05) is 23.8 Å². The molecule has 0 bridgehead atoms. The zero-order chi connectivity index (χ0) is 13.0. The van der Waals surface area contributed by atoms with Crippen LogP contribution in [0.4, 0.5) is 10.1 Å². The average molecular weight is 237 g/mol. The van der Waals surface area contributed by atoms with Crippen molar-refractivity contribution in [3.63, 3.8) is 0 Å². The van der Waals surface area contributed by atoms with E-state index in [0.717, 1.165) is 5.69 Å². The molecule has 0 fully saturated rings. The van der Waals surface area contributed by atoms with Gasteiger partial charge in [0.05, 0.1) is 6.10 Å². The van der Waals surface area contributed by atoms with Crippen molar-refractivity contribution in [1.82, 2.24) is 0 Å². The number of nitrogens with zero attached hydrogens (tertiary/aromatic N) is 1. The Balaban J connectivity index is 3.21. The SMILES string of the molecule is C=CCN(c1ccc(F)cc1[C@@H](C)O)C(C)C. The second-order valence-electron chi connectivity index (χ2n) is 4.41. The molecule has 1 aromatic carbocycles. The zero-order valence-corrected chi connectivity index (χ0v) is 10.7. The number of hydrogen-bond acceptors (Lipinski definition) is 2. The van der Waals surface area contributed by atoms with Crippen molar-refractivity contribution in [2.45, 2.75) is 32.9 Å². The van der Waals surface area contributed by atoms with Crippen LogP contribution in [0.2, 0.25) is 0 Å². The highest BCUT2D eigenvalue weighted by molar-refractivity contribution is 5.55. The molecule has 1 rings (SSSR count). The minimum Gasteiger partial charge on any atom is -0.389 e. The Morgan fingerprint density at radius 2 is 2.06 bits per heavy atom. The molecule has 0 radical (unpaired) electrons. The summed E-state index contributed by atoms with van der Waals surface area (Å²) < 4.78 is 13.2. The lowest BCUT2D eigenvalue weighted by atomic mass is 10.1. The molecule has 0 amide bonds. The van der Waals surface area contributed by atoms with E-state index in [0.29, 0.717) is 12.1 Å². The molecular weight excluding hydrogens is 217 g/mol. The van der Waals surface area contributed by atoms with Crippen molar-refractivity contribution < 1.29 is 9.50 Å². The Bertz CT molecular complexity index is 388. The van der Waals surface area contributed by atoms with E-state index >= 15 is 0 Å². The normalized spacial score (nSPS) is 12.6. The van der Waals surface area contributed by atoms with E-state index in [4.69, 9.17) is 0 Å². The number of hydrogen-bond donors (Lipinski definition) is 1. The zero-order valence-electron chi connectivity index (χ0n) is 10.7. The third kappa shape index (κ3) is 3.30. The maximum absolute atomic E-state index is 13.2. The first-order chi connectivity index (χ1) is 7.97. The van der Waals surface area contributed by atoms with Crippen LogP contribution in [0.1, 0.15) is 32.4 Å². The molecule has 0 saturated carbocycles. The summed E-state index contributed by atoms with van der Waals surface area (Å²) in [6, 6.07) is 4.77. The van der Waals surface area contributed by atoms with Gasteiger partial charge in [-0.05, 0) is 39.0 Å². The fourth-order valence-electron chi connectivity index (χ4n) is 1.85. The van der Waals surface area contributed by atoms with Crippen molar-refractivity contribution in [1.29, 1.82) is 0 Å². The molecule has 17 heavy (non-hydrogen) atoms. The molecule has 2 nitrogen and oxygen atoms in total. The summed E-state index contributed by atoms with van der Waals surface area (Å²) in [5, 5.41) is 9.71. The van der Waals surface area contributed by atoms with Crippen LogP contribution in [0.15, 0.2) is 30.9 Å². The molecular formula is C14H20FNO. The van der Waals surface area contributed by atoms with Crippen LogP contribution in [0, 0.1) is 5.82 Å². The van der Waals surface area contributed by atoms with E-state index in [9.17, 15) is 9.50 Å². The maximum Gasteiger partial charge on any atom is 0.123 e. The third-order valence-electron chi connectivity index (χ3n) is 2.70. The molecule has 1 aromatic rings. The molecule has 94 valence electrons. The number of rotatable bonds is 5. The van der Waals surface area contributed by atoms with Gasteiger partial charge in [-0.3, -0.25) is 0 Å². The predicted octanol–water partition coefficient (Wildman–Crippen LogP) is 3.28. The van der Waals surface area contributed by atoms with Gasteiger partial charge in [0.1, 0.15) is 5.82 Å². The Morgan fingerprint density at radius 3 is 2.53 bits per heavy atom. The molecule has 0 aliphatic heterocycles. The number of anilines is 1. The second-order valence-corrected chi connectivity index (χ2v) is 4.41. The molecule has 0 aromatic heterocycles. The van der Waals surface area contributed by atoms with Crippen molar-refractivity contribution in [2.24, 2.45) is 0 Å². The maximum atomic E-state index is 13.2. The standard InChI is InChI=1S/C14H20FNO/c1-5-8-16(10(2)3)14-7-6-12(15)9-13(14)11(4)17/h5-7,9-11,17H,1,8H2,2-4H3/t11-/m1/s1. The third-order valence-corrected chi connectivity index (χ3v) is 2.70. The second kappa shape index (κ2) is 5.82. The van der Waals surface area contributed by atoms with Crippen molar-refractivity contribution >= 4 is 5.69 Å². The summed E-state index contributed by atoms with van der Waals surface area (Å²) in [4.78, 5) is 2.08. The van der Waals surface area contributed by atoms with Crippen molar-refractivity contribution in [3.8, 4) is 0 Å². The van der Waals surface area contributed by atoms with Gasteiger partial charge >= 0.3 is 0 Å². The average Bonchev–Trinajstić information content (AvgIpc) is 2.26. The quantitative estimate of drug-likeness (QED) is 0.794. The van der Waals surface area contributed by atoms with Gasteiger partial charge in [-0.25, -0.2) is 4.39 Å². The van der Waals surface area contributed by atoms with Gasteiger partial charge in [-0.1, -0.05) is 6.08 Å². The molecule has 0 unspecified atom stereocenters. The van der Waals surface area contributed by atoms with Crippen LogP contribution in [0.25, 0.3) is 0 Å². The topological polar surface area (TPSA) is 23.5 Å². The molecule has 0 aliphatic carbocycles. The summed E-state index contributed by atoms with van der Waals surface area (Å²) in [5.74, 6) is -0.327. The first-order valence-corrected chi connectivity index (χ1v) is 5.82. The Labute approximate surface area is 102 Å². The van der Waals surface area contributed by atoms with Crippen molar-refractivity contribution in [2.75, 3.05) is 11.4 Å². The highest BCUT2D eigenvalue weighted by Gasteiger charge is 2.16. The van der Waals surface area contributed by atoms with E-state index in [1.165, 1.54) is 12.1 Å². The van der Waals surface area contributed by atoms with Gasteiger partial charge in [0.25, 0.3) is 0 Å². The smallest absolute Gasteiger partial charge is 0.123 e. The van der Waals surface area contributed by atoms with Gasteiger partial charge in [-0.15, -0.1) is 6.58 Å². The summed E-state index contributed by atoms with van der Waals surface area (Å²) in [7, 11) is 0. The van der Waals surface area contributed by atoms with Crippen LogP contribution in [0.5, 0.6) is 0 Å². The van der Waals surface area contributed by atoms with E-state index in [1.807, 2.05) is 0 Å². The lowest BCUT2D eigenvalue weighted by Crippen LogP contribution is -2.31. The number of halogens is 1. The number of aliphatic hydroxyl groups is 1. The fraction of sp³-hybridized carbons (Fsp3) is 0.429. The van der Waals surface area contributed by atoms with E-state index < -0.39 is 6.10 Å². The lowest BCUT2D eigenvalue weighted by Gasteiger charge is -2.30. The Kier molecular flexibility index (Phi) is 4.70.